The van der Waals surface area contributed by atoms with Crippen LogP contribution in [0.3, 0.4) is 0 Å². The standard InChI is InChI=1S/C19H22ClNO2/c1-2-3-4-7-14-23-18-9-6-5-8-17(18)19(22)21-16-12-10-15(20)11-13-16/h5-6,8-13H,2-4,7,14H2,1H3,(H,21,22). The van der Waals surface area contributed by atoms with Crippen LogP contribution < -0.4 is 10.1 Å². The number of benzene rings is 2. The molecule has 122 valence electrons. The molecule has 1 N–H and O–H groups in total. The molecule has 0 saturated heterocycles. The summed E-state index contributed by atoms with van der Waals surface area (Å²) in [5.74, 6) is 0.437. The zero-order valence-electron chi connectivity index (χ0n) is 13.3. The Hall–Kier alpha value is -2.00. The van der Waals surface area contributed by atoms with E-state index in [1.54, 1.807) is 30.3 Å². The van der Waals surface area contributed by atoms with E-state index in [4.69, 9.17) is 16.3 Å². The molecule has 0 bridgehead atoms. The zero-order chi connectivity index (χ0) is 16.5. The van der Waals surface area contributed by atoms with Gasteiger partial charge in [-0.3, -0.25) is 4.79 Å². The van der Waals surface area contributed by atoms with Gasteiger partial charge in [0.05, 0.1) is 12.2 Å². The summed E-state index contributed by atoms with van der Waals surface area (Å²) in [7, 11) is 0. The van der Waals surface area contributed by atoms with Gasteiger partial charge in [0.25, 0.3) is 5.91 Å². The molecule has 0 aromatic heterocycles. The lowest BCUT2D eigenvalue weighted by Gasteiger charge is -2.11. The van der Waals surface area contributed by atoms with Crippen LogP contribution in [0.25, 0.3) is 0 Å². The van der Waals surface area contributed by atoms with Crippen LogP contribution >= 0.6 is 11.6 Å². The predicted molar refractivity (Wildman–Crippen MR) is 95.5 cm³/mol. The summed E-state index contributed by atoms with van der Waals surface area (Å²) < 4.78 is 5.78. The van der Waals surface area contributed by atoms with Gasteiger partial charge in [0.15, 0.2) is 0 Å². The SMILES string of the molecule is CCCCCCOc1ccccc1C(=O)Nc1ccc(Cl)cc1. The number of anilines is 1. The average molecular weight is 332 g/mol. The van der Waals surface area contributed by atoms with Gasteiger partial charge in [0.2, 0.25) is 0 Å². The van der Waals surface area contributed by atoms with Crippen LogP contribution in [0.1, 0.15) is 43.0 Å². The van der Waals surface area contributed by atoms with E-state index in [1.165, 1.54) is 12.8 Å². The molecule has 0 spiro atoms. The summed E-state index contributed by atoms with van der Waals surface area (Å²) in [6, 6.07) is 14.3. The Morgan fingerprint density at radius 3 is 2.52 bits per heavy atom. The Labute approximate surface area is 142 Å². The summed E-state index contributed by atoms with van der Waals surface area (Å²) in [5.41, 5.74) is 1.25. The molecule has 0 saturated carbocycles. The van der Waals surface area contributed by atoms with Gasteiger partial charge in [-0.1, -0.05) is 49.9 Å². The number of ether oxygens (including phenoxy) is 1. The number of unbranched alkanes of at least 4 members (excludes halogenated alkanes) is 3. The smallest absolute Gasteiger partial charge is 0.259 e. The van der Waals surface area contributed by atoms with Crippen molar-refractivity contribution < 1.29 is 9.53 Å². The first-order valence-corrected chi connectivity index (χ1v) is 8.37. The van der Waals surface area contributed by atoms with E-state index >= 15 is 0 Å². The minimum atomic E-state index is -0.184. The van der Waals surface area contributed by atoms with Crippen LogP contribution in [0.5, 0.6) is 5.75 Å². The number of hydrogen-bond donors (Lipinski definition) is 1. The third-order valence-electron chi connectivity index (χ3n) is 3.49. The van der Waals surface area contributed by atoms with Gasteiger partial charge in [-0.2, -0.15) is 0 Å². The number of carbonyl (C=O) groups excluding carboxylic acids is 1. The Bertz CT molecular complexity index is 626. The molecule has 0 fully saturated rings. The van der Waals surface area contributed by atoms with E-state index in [0.717, 1.165) is 12.8 Å². The molecule has 3 nitrogen and oxygen atoms in total. The molecule has 0 aliphatic carbocycles. The molecular formula is C19H22ClNO2. The highest BCUT2D eigenvalue weighted by Gasteiger charge is 2.12. The van der Waals surface area contributed by atoms with Crippen molar-refractivity contribution in [2.45, 2.75) is 32.6 Å². The summed E-state index contributed by atoms with van der Waals surface area (Å²) in [6.07, 6.45) is 4.55. The second-order valence-corrected chi connectivity index (χ2v) is 5.80. The van der Waals surface area contributed by atoms with Gasteiger partial charge in [0, 0.05) is 10.7 Å². The fourth-order valence-electron chi connectivity index (χ4n) is 2.22. The first-order valence-electron chi connectivity index (χ1n) is 7.99. The largest absolute Gasteiger partial charge is 0.493 e. The molecule has 0 radical (unpaired) electrons. The molecule has 2 rings (SSSR count). The summed E-state index contributed by atoms with van der Waals surface area (Å²) >= 11 is 5.85. The quantitative estimate of drug-likeness (QED) is 0.644. The molecule has 2 aromatic carbocycles. The highest BCUT2D eigenvalue weighted by Crippen LogP contribution is 2.21. The van der Waals surface area contributed by atoms with Crippen molar-refractivity contribution in [2.24, 2.45) is 0 Å². The number of amides is 1. The van der Waals surface area contributed by atoms with E-state index in [2.05, 4.69) is 12.2 Å². The number of para-hydroxylation sites is 1. The molecule has 4 heteroatoms. The van der Waals surface area contributed by atoms with Crippen LogP contribution in [-0.4, -0.2) is 12.5 Å². The monoisotopic (exact) mass is 331 g/mol. The highest BCUT2D eigenvalue weighted by molar-refractivity contribution is 6.30. The molecule has 0 heterocycles. The van der Waals surface area contributed by atoms with Crippen molar-refractivity contribution in [3.8, 4) is 5.75 Å². The van der Waals surface area contributed by atoms with E-state index in [1.807, 2.05) is 18.2 Å². The first kappa shape index (κ1) is 17.4. The van der Waals surface area contributed by atoms with Crippen LogP contribution in [-0.2, 0) is 0 Å². The Morgan fingerprint density at radius 1 is 1.04 bits per heavy atom. The lowest BCUT2D eigenvalue weighted by Crippen LogP contribution is -2.13. The maximum absolute atomic E-state index is 12.4. The second-order valence-electron chi connectivity index (χ2n) is 5.37. The lowest BCUT2D eigenvalue weighted by molar-refractivity contribution is 0.102. The maximum atomic E-state index is 12.4. The first-order chi connectivity index (χ1) is 11.2. The van der Waals surface area contributed by atoms with Crippen molar-refractivity contribution >= 4 is 23.2 Å². The third-order valence-corrected chi connectivity index (χ3v) is 3.74. The van der Waals surface area contributed by atoms with Gasteiger partial charge in [0.1, 0.15) is 5.75 Å². The van der Waals surface area contributed by atoms with Gasteiger partial charge >= 0.3 is 0 Å². The molecule has 2 aromatic rings. The van der Waals surface area contributed by atoms with Crippen molar-refractivity contribution in [3.05, 3.63) is 59.1 Å². The molecule has 23 heavy (non-hydrogen) atoms. The van der Waals surface area contributed by atoms with Gasteiger partial charge < -0.3 is 10.1 Å². The maximum Gasteiger partial charge on any atom is 0.259 e. The molecular weight excluding hydrogens is 310 g/mol. The van der Waals surface area contributed by atoms with Crippen LogP contribution in [0, 0.1) is 0 Å². The van der Waals surface area contributed by atoms with Crippen LogP contribution in [0.2, 0.25) is 5.02 Å². The third kappa shape index (κ3) is 5.61. The number of carbonyl (C=O) groups is 1. The van der Waals surface area contributed by atoms with Crippen molar-refractivity contribution in [3.63, 3.8) is 0 Å². The normalized spacial score (nSPS) is 10.3. The molecule has 0 aliphatic rings. The number of hydrogen-bond acceptors (Lipinski definition) is 2. The number of rotatable bonds is 8. The van der Waals surface area contributed by atoms with Crippen molar-refractivity contribution in [1.82, 2.24) is 0 Å². The van der Waals surface area contributed by atoms with Gasteiger partial charge in [-0.25, -0.2) is 0 Å². The molecule has 0 unspecified atom stereocenters. The van der Waals surface area contributed by atoms with E-state index in [-0.39, 0.29) is 5.91 Å². The Kier molecular flexibility index (Phi) is 6.95. The van der Waals surface area contributed by atoms with Crippen molar-refractivity contribution in [2.75, 3.05) is 11.9 Å². The highest BCUT2D eigenvalue weighted by atomic mass is 35.5. The second kappa shape index (κ2) is 9.21. The fraction of sp³-hybridized carbons (Fsp3) is 0.316. The fourth-order valence-corrected chi connectivity index (χ4v) is 2.35. The summed E-state index contributed by atoms with van der Waals surface area (Å²) in [5, 5.41) is 3.50. The number of nitrogens with one attached hydrogen (secondary N) is 1. The Morgan fingerprint density at radius 2 is 1.78 bits per heavy atom. The zero-order valence-corrected chi connectivity index (χ0v) is 14.1. The minimum Gasteiger partial charge on any atom is -0.493 e. The summed E-state index contributed by atoms with van der Waals surface area (Å²) in [6.45, 7) is 2.81. The van der Waals surface area contributed by atoms with E-state index in [0.29, 0.717) is 28.6 Å². The number of halogens is 1. The minimum absolute atomic E-state index is 0.184. The molecule has 0 aliphatic heterocycles. The predicted octanol–water partition coefficient (Wildman–Crippen LogP) is 5.55. The van der Waals surface area contributed by atoms with Crippen LogP contribution in [0.4, 0.5) is 5.69 Å². The van der Waals surface area contributed by atoms with E-state index in [9.17, 15) is 4.79 Å². The molecule has 0 atom stereocenters. The topological polar surface area (TPSA) is 38.3 Å². The van der Waals surface area contributed by atoms with Gasteiger partial charge in [-0.15, -0.1) is 0 Å². The molecule has 1 amide bonds. The average Bonchev–Trinajstić information content (AvgIpc) is 2.57. The lowest BCUT2D eigenvalue weighted by atomic mass is 10.1. The Balaban J connectivity index is 1.98. The van der Waals surface area contributed by atoms with Crippen molar-refractivity contribution in [1.29, 1.82) is 0 Å². The summed E-state index contributed by atoms with van der Waals surface area (Å²) in [4.78, 5) is 12.4. The van der Waals surface area contributed by atoms with Crippen LogP contribution in [0.15, 0.2) is 48.5 Å². The van der Waals surface area contributed by atoms with E-state index < -0.39 is 0 Å². The van der Waals surface area contributed by atoms with Gasteiger partial charge in [-0.05, 0) is 42.8 Å².